The number of ether oxygens (including phenoxy) is 6. The molecule has 0 saturated heterocycles. The van der Waals surface area contributed by atoms with Crippen LogP contribution >= 0.6 is 0 Å². The number of carboxylic acids is 1. The summed E-state index contributed by atoms with van der Waals surface area (Å²) < 4.78 is 31.6. The highest BCUT2D eigenvalue weighted by atomic mass is 16.6. The molecule has 3 amide bonds. The van der Waals surface area contributed by atoms with Gasteiger partial charge in [0.15, 0.2) is 0 Å². The lowest BCUT2D eigenvalue weighted by molar-refractivity contribution is -0.159. The number of carbonyl (C=O) groups excluding carboxylic acids is 5. The maximum Gasteiger partial charge on any atom is 0.329 e. The minimum absolute atomic E-state index is 0.0197. The number of carbonyl (C=O) groups is 6. The molecule has 61 heavy (non-hydrogen) atoms. The average Bonchev–Trinajstić information content (AvgIpc) is 3.16. The van der Waals surface area contributed by atoms with Gasteiger partial charge >= 0.3 is 17.9 Å². The number of hydrogen-bond acceptors (Lipinski definition) is 12. The molecule has 0 fully saturated rings. The van der Waals surface area contributed by atoms with Gasteiger partial charge in [-0.15, -0.1) is 0 Å². The Bertz CT molecular complexity index is 1190. The van der Waals surface area contributed by atoms with Gasteiger partial charge in [-0.3, -0.25) is 19.2 Å². The van der Waals surface area contributed by atoms with Crippen molar-refractivity contribution in [2.75, 3.05) is 65.9 Å². The summed E-state index contributed by atoms with van der Waals surface area (Å²) in [6, 6.07) is -0.928. The number of rotatable bonds is 40. The van der Waals surface area contributed by atoms with Gasteiger partial charge in [-0.1, -0.05) is 89.9 Å². The first-order chi connectivity index (χ1) is 29.0. The van der Waals surface area contributed by atoms with Crippen molar-refractivity contribution < 1.29 is 62.3 Å². The quantitative estimate of drug-likeness (QED) is 0.0391. The van der Waals surface area contributed by atoms with Crippen LogP contribution in [0.4, 0.5) is 0 Å². The summed E-state index contributed by atoms with van der Waals surface area (Å²) >= 11 is 0. The standard InChI is InChI=1S/C45H83N3O13/c1-44(2,3)60-42(54)24-22-20-18-16-14-12-10-8-7-9-11-13-15-17-19-21-23-39(50)48-37(43(55)61-45(4,5)6)25-26-38(49)46-27-29-56-31-33-58-35-40(51)47-28-30-57-32-34-59-36-41(52)53/h37H,7-36H2,1-6H3,(H,46,49)(H,47,51)(H,48,50)(H,52,53)/t37-/m1/s1. The molecule has 0 unspecified atom stereocenters. The van der Waals surface area contributed by atoms with Gasteiger partial charge in [0.2, 0.25) is 17.7 Å². The SMILES string of the molecule is CC(C)(C)OC(=O)CCCCCCCCCCCCCCCCCCC(=O)N[C@H](CCC(=O)NCCOCCOCC(=O)NCCOCCOCC(=O)O)C(=O)OC(C)(C)C. The normalized spacial score (nSPS) is 12.1. The summed E-state index contributed by atoms with van der Waals surface area (Å²) in [5, 5.41) is 16.6. The van der Waals surface area contributed by atoms with Crippen molar-refractivity contribution in [1.29, 1.82) is 0 Å². The molecule has 0 radical (unpaired) electrons. The van der Waals surface area contributed by atoms with Crippen LogP contribution in [0.3, 0.4) is 0 Å². The second-order valence-corrected chi connectivity index (χ2v) is 17.4. The third-order valence-electron chi connectivity index (χ3n) is 8.98. The Balaban J connectivity index is 3.96. The van der Waals surface area contributed by atoms with Gasteiger partial charge in [-0.2, -0.15) is 0 Å². The minimum Gasteiger partial charge on any atom is -0.480 e. The molecule has 0 aromatic carbocycles. The van der Waals surface area contributed by atoms with Gasteiger partial charge in [0.1, 0.15) is 30.5 Å². The highest BCUT2D eigenvalue weighted by Crippen LogP contribution is 2.16. The van der Waals surface area contributed by atoms with Crippen LogP contribution in [0.1, 0.15) is 170 Å². The van der Waals surface area contributed by atoms with Crippen LogP contribution in [0.2, 0.25) is 0 Å². The van der Waals surface area contributed by atoms with Crippen molar-refractivity contribution in [2.45, 2.75) is 187 Å². The molecule has 1 atom stereocenters. The number of esters is 2. The van der Waals surface area contributed by atoms with Gasteiger partial charge in [-0.05, 0) is 60.8 Å². The van der Waals surface area contributed by atoms with E-state index in [1.807, 2.05) is 20.8 Å². The van der Waals surface area contributed by atoms with Crippen LogP contribution < -0.4 is 16.0 Å². The Morgan fingerprint density at radius 1 is 0.459 bits per heavy atom. The van der Waals surface area contributed by atoms with Crippen LogP contribution in [0, 0.1) is 0 Å². The third kappa shape index (κ3) is 43.1. The molecule has 0 aliphatic carbocycles. The molecule has 0 spiro atoms. The number of carboxylic acid groups (broad SMARTS) is 1. The van der Waals surface area contributed by atoms with E-state index in [-0.39, 0.29) is 102 Å². The molecule has 0 aliphatic rings. The fourth-order valence-corrected chi connectivity index (χ4v) is 6.01. The van der Waals surface area contributed by atoms with E-state index in [1.165, 1.54) is 64.2 Å². The molecular weight excluding hydrogens is 791 g/mol. The van der Waals surface area contributed by atoms with Crippen LogP contribution in [0.15, 0.2) is 0 Å². The molecule has 16 nitrogen and oxygen atoms in total. The lowest BCUT2D eigenvalue weighted by atomic mass is 10.0. The molecule has 0 heterocycles. The summed E-state index contributed by atoms with van der Waals surface area (Å²) in [7, 11) is 0. The number of nitrogens with one attached hydrogen (secondary N) is 3. The summed E-state index contributed by atoms with van der Waals surface area (Å²) in [4.78, 5) is 72.0. The van der Waals surface area contributed by atoms with Crippen LogP contribution in [0.5, 0.6) is 0 Å². The first-order valence-corrected chi connectivity index (χ1v) is 22.8. The zero-order valence-corrected chi connectivity index (χ0v) is 38.6. The molecule has 0 aromatic rings. The van der Waals surface area contributed by atoms with E-state index in [0.717, 1.165) is 38.5 Å². The summed E-state index contributed by atoms with van der Waals surface area (Å²) in [6.07, 6.45) is 19.4. The lowest BCUT2D eigenvalue weighted by Gasteiger charge is -2.24. The van der Waals surface area contributed by atoms with Crippen LogP contribution in [-0.2, 0) is 57.2 Å². The van der Waals surface area contributed by atoms with E-state index in [2.05, 4.69) is 16.0 Å². The Morgan fingerprint density at radius 2 is 0.869 bits per heavy atom. The van der Waals surface area contributed by atoms with E-state index in [0.29, 0.717) is 12.8 Å². The first kappa shape index (κ1) is 57.7. The van der Waals surface area contributed by atoms with Gasteiger partial charge in [0.05, 0.1) is 39.6 Å². The Morgan fingerprint density at radius 3 is 1.33 bits per heavy atom. The zero-order chi connectivity index (χ0) is 45.6. The molecule has 0 saturated carbocycles. The summed E-state index contributed by atoms with van der Waals surface area (Å²) in [5.74, 6) is -2.54. The maximum absolute atomic E-state index is 12.9. The van der Waals surface area contributed by atoms with Crippen LogP contribution in [0.25, 0.3) is 0 Å². The highest BCUT2D eigenvalue weighted by molar-refractivity contribution is 5.85. The smallest absolute Gasteiger partial charge is 0.329 e. The predicted octanol–water partition coefficient (Wildman–Crippen LogP) is 6.34. The van der Waals surface area contributed by atoms with Gasteiger partial charge < -0.3 is 49.5 Å². The van der Waals surface area contributed by atoms with Crippen molar-refractivity contribution >= 4 is 35.6 Å². The zero-order valence-electron chi connectivity index (χ0n) is 38.6. The third-order valence-corrected chi connectivity index (χ3v) is 8.98. The van der Waals surface area contributed by atoms with Crippen LogP contribution in [-0.4, -0.2) is 124 Å². The average molecular weight is 874 g/mol. The molecule has 4 N–H and O–H groups in total. The van der Waals surface area contributed by atoms with Crippen molar-refractivity contribution in [3.05, 3.63) is 0 Å². The molecule has 356 valence electrons. The van der Waals surface area contributed by atoms with E-state index >= 15 is 0 Å². The van der Waals surface area contributed by atoms with E-state index in [1.54, 1.807) is 20.8 Å². The fourth-order valence-electron chi connectivity index (χ4n) is 6.01. The number of unbranched alkanes of at least 4 members (excludes halogenated alkanes) is 15. The van der Waals surface area contributed by atoms with E-state index < -0.39 is 29.2 Å². The molecule has 0 aromatic heterocycles. The van der Waals surface area contributed by atoms with Crippen molar-refractivity contribution in [1.82, 2.24) is 16.0 Å². The second kappa shape index (κ2) is 37.2. The summed E-state index contributed by atoms with van der Waals surface area (Å²) in [6.45, 7) is 12.2. The second-order valence-electron chi connectivity index (χ2n) is 17.4. The Hall–Kier alpha value is -3.34. The topological polar surface area (TPSA) is 214 Å². The maximum atomic E-state index is 12.9. The highest BCUT2D eigenvalue weighted by Gasteiger charge is 2.27. The molecular formula is C45H83N3O13. The number of amides is 3. The van der Waals surface area contributed by atoms with Gasteiger partial charge in [-0.25, -0.2) is 9.59 Å². The number of aliphatic carboxylic acids is 1. The Kier molecular flexibility index (Phi) is 35.2. The van der Waals surface area contributed by atoms with Crippen molar-refractivity contribution in [2.24, 2.45) is 0 Å². The molecule has 16 heteroatoms. The van der Waals surface area contributed by atoms with E-state index in [4.69, 9.17) is 33.5 Å². The number of hydrogen-bond donors (Lipinski definition) is 4. The fraction of sp³-hybridized carbons (Fsp3) is 0.867. The molecule has 0 aliphatic heterocycles. The largest absolute Gasteiger partial charge is 0.480 e. The van der Waals surface area contributed by atoms with Gasteiger partial charge in [0, 0.05) is 32.4 Å². The molecule has 0 bridgehead atoms. The monoisotopic (exact) mass is 874 g/mol. The lowest BCUT2D eigenvalue weighted by Crippen LogP contribution is -2.44. The molecule has 0 rings (SSSR count). The minimum atomic E-state index is -1.05. The van der Waals surface area contributed by atoms with Crippen molar-refractivity contribution in [3.8, 4) is 0 Å². The van der Waals surface area contributed by atoms with Crippen molar-refractivity contribution in [3.63, 3.8) is 0 Å². The van der Waals surface area contributed by atoms with E-state index in [9.17, 15) is 28.8 Å². The first-order valence-electron chi connectivity index (χ1n) is 22.8. The summed E-state index contributed by atoms with van der Waals surface area (Å²) in [5.41, 5.74) is -1.14. The predicted molar refractivity (Wildman–Crippen MR) is 233 cm³/mol. The van der Waals surface area contributed by atoms with Gasteiger partial charge in [0.25, 0.3) is 0 Å². The Labute approximate surface area is 366 Å².